The summed E-state index contributed by atoms with van der Waals surface area (Å²) >= 11 is 0. The van der Waals surface area contributed by atoms with Gasteiger partial charge in [0.1, 0.15) is 6.04 Å². The fraction of sp³-hybridized carbons (Fsp3) is 0.800. The zero-order chi connectivity index (χ0) is 11.7. The normalized spacial score (nSPS) is 11.7. The van der Waals surface area contributed by atoms with Crippen LogP contribution in [0.3, 0.4) is 0 Å². The summed E-state index contributed by atoms with van der Waals surface area (Å²) in [5, 5.41) is 2.39. The molecule has 0 fully saturated rings. The predicted octanol–water partition coefficient (Wildman–Crippen LogP) is 1.46. The smallest absolute Gasteiger partial charge is 0.407 e. The molecule has 0 aliphatic rings. The number of rotatable bonds is 6. The van der Waals surface area contributed by atoms with E-state index in [2.05, 4.69) is 5.32 Å². The van der Waals surface area contributed by atoms with Crippen LogP contribution < -0.4 is 5.32 Å². The van der Waals surface area contributed by atoms with E-state index in [0.717, 1.165) is 12.8 Å². The Balaban J connectivity index is 3.70. The van der Waals surface area contributed by atoms with Gasteiger partial charge in [-0.25, -0.2) is 9.59 Å². The monoisotopic (exact) mass is 217 g/mol. The number of esters is 1. The number of hydrogen-bond acceptors (Lipinski definition) is 4. The number of carbonyl (C=O) groups excluding carboxylic acids is 2. The van der Waals surface area contributed by atoms with E-state index in [0.29, 0.717) is 13.2 Å². The summed E-state index contributed by atoms with van der Waals surface area (Å²) in [5.74, 6) is -0.454. The second-order valence-electron chi connectivity index (χ2n) is 3.11. The minimum Gasteiger partial charge on any atom is -0.464 e. The Morgan fingerprint density at radius 3 is 2.47 bits per heavy atom. The first-order chi connectivity index (χ1) is 7.11. The molecule has 0 unspecified atom stereocenters. The Labute approximate surface area is 90.1 Å². The second kappa shape index (κ2) is 8.08. The first-order valence-corrected chi connectivity index (χ1v) is 5.21. The van der Waals surface area contributed by atoms with E-state index in [1.165, 1.54) is 0 Å². The molecule has 1 N–H and O–H groups in total. The Kier molecular flexibility index (Phi) is 7.40. The summed E-state index contributed by atoms with van der Waals surface area (Å²) in [4.78, 5) is 22.2. The Morgan fingerprint density at radius 2 is 1.93 bits per heavy atom. The molecule has 0 bridgehead atoms. The summed E-state index contributed by atoms with van der Waals surface area (Å²) in [6.07, 6.45) is 1.20. The van der Waals surface area contributed by atoms with Gasteiger partial charge in [-0.15, -0.1) is 0 Å². The van der Waals surface area contributed by atoms with Crippen molar-refractivity contribution >= 4 is 12.1 Å². The van der Waals surface area contributed by atoms with Gasteiger partial charge in [0.05, 0.1) is 13.2 Å². The summed E-state index contributed by atoms with van der Waals surface area (Å²) in [7, 11) is 0. The van der Waals surface area contributed by atoms with Crippen LogP contribution in [0.25, 0.3) is 0 Å². The number of ether oxygens (including phenoxy) is 2. The summed E-state index contributed by atoms with van der Waals surface area (Å²) < 4.78 is 9.54. The summed E-state index contributed by atoms with van der Waals surface area (Å²) in [6, 6.07) is -0.668. The number of amides is 1. The summed E-state index contributed by atoms with van der Waals surface area (Å²) in [5.41, 5.74) is 0. The van der Waals surface area contributed by atoms with E-state index in [1.54, 1.807) is 13.8 Å². The standard InChI is InChI=1S/C10H19NO4/c1-4-6-7-15-10(13)11-8(3)9(12)14-5-2/h8H,4-7H2,1-3H3,(H,11,13)/t8-/m0/s1. The van der Waals surface area contributed by atoms with Crippen LogP contribution >= 0.6 is 0 Å². The van der Waals surface area contributed by atoms with Gasteiger partial charge in [0, 0.05) is 0 Å². The fourth-order valence-corrected chi connectivity index (χ4v) is 0.854. The third-order valence-corrected chi connectivity index (χ3v) is 1.71. The van der Waals surface area contributed by atoms with Crippen molar-refractivity contribution in [3.8, 4) is 0 Å². The second-order valence-corrected chi connectivity index (χ2v) is 3.11. The lowest BCUT2D eigenvalue weighted by Gasteiger charge is -2.12. The highest BCUT2D eigenvalue weighted by Crippen LogP contribution is 1.92. The SMILES string of the molecule is CCCCOC(=O)N[C@@H](C)C(=O)OCC. The van der Waals surface area contributed by atoms with E-state index < -0.39 is 18.1 Å². The van der Waals surface area contributed by atoms with Crippen molar-refractivity contribution in [2.75, 3.05) is 13.2 Å². The molecular weight excluding hydrogens is 198 g/mol. The average Bonchev–Trinajstić information content (AvgIpc) is 2.18. The van der Waals surface area contributed by atoms with Crippen LogP contribution in [0.15, 0.2) is 0 Å². The number of alkyl carbamates (subject to hydrolysis) is 1. The number of hydrogen-bond donors (Lipinski definition) is 1. The van der Waals surface area contributed by atoms with Crippen molar-refractivity contribution in [3.63, 3.8) is 0 Å². The molecule has 0 aromatic carbocycles. The zero-order valence-electron chi connectivity index (χ0n) is 9.54. The van der Waals surface area contributed by atoms with Crippen LogP contribution in [0.4, 0.5) is 4.79 Å². The maximum absolute atomic E-state index is 11.1. The molecule has 0 spiro atoms. The van der Waals surface area contributed by atoms with Crippen LogP contribution in [0.2, 0.25) is 0 Å². The van der Waals surface area contributed by atoms with Crippen molar-refractivity contribution in [1.29, 1.82) is 0 Å². The lowest BCUT2D eigenvalue weighted by molar-refractivity contribution is -0.145. The maximum Gasteiger partial charge on any atom is 0.407 e. The number of unbranched alkanes of at least 4 members (excludes halogenated alkanes) is 1. The van der Waals surface area contributed by atoms with E-state index in [9.17, 15) is 9.59 Å². The first-order valence-electron chi connectivity index (χ1n) is 5.21. The maximum atomic E-state index is 11.1. The molecule has 0 saturated carbocycles. The highest BCUT2D eigenvalue weighted by atomic mass is 16.6. The molecule has 5 heteroatoms. The topological polar surface area (TPSA) is 64.6 Å². The Morgan fingerprint density at radius 1 is 1.27 bits per heavy atom. The van der Waals surface area contributed by atoms with Crippen LogP contribution in [0, 0.1) is 0 Å². The Bertz CT molecular complexity index is 206. The van der Waals surface area contributed by atoms with Crippen LogP contribution in [-0.2, 0) is 14.3 Å². The van der Waals surface area contributed by atoms with Gasteiger partial charge in [-0.2, -0.15) is 0 Å². The largest absolute Gasteiger partial charge is 0.464 e. The quantitative estimate of drug-likeness (QED) is 0.540. The van der Waals surface area contributed by atoms with Gasteiger partial charge in [0.2, 0.25) is 0 Å². The van der Waals surface area contributed by atoms with Crippen LogP contribution in [0.5, 0.6) is 0 Å². The molecule has 1 amide bonds. The van der Waals surface area contributed by atoms with E-state index in [1.807, 2.05) is 6.92 Å². The molecule has 1 atom stereocenters. The molecule has 0 aromatic heterocycles. The average molecular weight is 217 g/mol. The van der Waals surface area contributed by atoms with Crippen molar-refractivity contribution in [2.45, 2.75) is 39.7 Å². The molecule has 5 nitrogen and oxygen atoms in total. The molecule has 0 radical (unpaired) electrons. The molecule has 0 aliphatic heterocycles. The molecule has 0 saturated heterocycles. The van der Waals surface area contributed by atoms with Crippen molar-refractivity contribution in [3.05, 3.63) is 0 Å². The van der Waals surface area contributed by atoms with E-state index >= 15 is 0 Å². The third-order valence-electron chi connectivity index (χ3n) is 1.71. The highest BCUT2D eigenvalue weighted by Gasteiger charge is 2.16. The van der Waals surface area contributed by atoms with Gasteiger partial charge in [0.25, 0.3) is 0 Å². The van der Waals surface area contributed by atoms with Crippen molar-refractivity contribution in [1.82, 2.24) is 5.32 Å². The third kappa shape index (κ3) is 6.76. The molecule has 0 heterocycles. The zero-order valence-corrected chi connectivity index (χ0v) is 9.54. The minimum absolute atomic E-state index is 0.301. The van der Waals surface area contributed by atoms with Crippen LogP contribution in [0.1, 0.15) is 33.6 Å². The summed E-state index contributed by atoms with van der Waals surface area (Å²) in [6.45, 7) is 5.94. The van der Waals surface area contributed by atoms with Crippen LogP contribution in [-0.4, -0.2) is 31.3 Å². The van der Waals surface area contributed by atoms with Crippen molar-refractivity contribution < 1.29 is 19.1 Å². The molecule has 0 rings (SSSR count). The predicted molar refractivity (Wildman–Crippen MR) is 55.5 cm³/mol. The molecule has 15 heavy (non-hydrogen) atoms. The lowest BCUT2D eigenvalue weighted by atomic mass is 10.3. The van der Waals surface area contributed by atoms with Crippen molar-refractivity contribution in [2.24, 2.45) is 0 Å². The van der Waals surface area contributed by atoms with Gasteiger partial charge < -0.3 is 14.8 Å². The van der Waals surface area contributed by atoms with E-state index in [-0.39, 0.29) is 0 Å². The molecule has 88 valence electrons. The minimum atomic E-state index is -0.668. The first kappa shape index (κ1) is 13.7. The molecule has 0 aliphatic carbocycles. The lowest BCUT2D eigenvalue weighted by Crippen LogP contribution is -2.39. The van der Waals surface area contributed by atoms with Gasteiger partial charge >= 0.3 is 12.1 Å². The highest BCUT2D eigenvalue weighted by molar-refractivity contribution is 5.80. The van der Waals surface area contributed by atoms with Gasteiger partial charge in [-0.3, -0.25) is 0 Å². The van der Waals surface area contributed by atoms with E-state index in [4.69, 9.17) is 9.47 Å². The van der Waals surface area contributed by atoms with Gasteiger partial charge in [-0.1, -0.05) is 13.3 Å². The molecular formula is C10H19NO4. The van der Waals surface area contributed by atoms with Gasteiger partial charge in [0.15, 0.2) is 0 Å². The fourth-order valence-electron chi connectivity index (χ4n) is 0.854. The number of carbonyl (C=O) groups is 2. The number of nitrogens with one attached hydrogen (secondary N) is 1. The van der Waals surface area contributed by atoms with Gasteiger partial charge in [-0.05, 0) is 20.3 Å². The Hall–Kier alpha value is -1.26. The molecule has 0 aromatic rings.